The Kier molecular flexibility index (Phi) is 4.69. The van der Waals surface area contributed by atoms with Crippen LogP contribution in [-0.2, 0) is 0 Å². The number of alkyl halides is 2. The van der Waals surface area contributed by atoms with Crippen LogP contribution in [0.4, 0.5) is 14.5 Å². The van der Waals surface area contributed by atoms with Crippen molar-refractivity contribution >= 4 is 34.8 Å². The highest BCUT2D eigenvalue weighted by atomic mass is 35.5. The zero-order valence-corrected chi connectivity index (χ0v) is 12.2. The van der Waals surface area contributed by atoms with Gasteiger partial charge in [0.25, 0.3) is 12.3 Å². The van der Waals surface area contributed by atoms with E-state index in [1.165, 1.54) is 25.1 Å². The lowest BCUT2D eigenvalue weighted by atomic mass is 10.2. The second-order valence-corrected chi connectivity index (χ2v) is 4.92. The van der Waals surface area contributed by atoms with Crippen molar-refractivity contribution in [3.8, 4) is 0 Å². The van der Waals surface area contributed by atoms with Crippen LogP contribution in [0.1, 0.15) is 28.4 Å². The maximum atomic E-state index is 12.7. The molecular formula is C13H9Cl2F2N3O. The average molecular weight is 332 g/mol. The smallest absolute Gasteiger partial charge is 0.280 e. The summed E-state index contributed by atoms with van der Waals surface area (Å²) < 4.78 is 25.3. The van der Waals surface area contributed by atoms with E-state index in [0.29, 0.717) is 10.7 Å². The maximum absolute atomic E-state index is 12.7. The summed E-state index contributed by atoms with van der Waals surface area (Å²) in [6, 6.07) is 5.44. The molecule has 8 heteroatoms. The molecule has 1 N–H and O–H groups in total. The van der Waals surface area contributed by atoms with E-state index in [0.717, 1.165) is 6.07 Å². The highest BCUT2D eigenvalue weighted by Crippen LogP contribution is 2.25. The molecule has 2 rings (SSSR count). The highest BCUT2D eigenvalue weighted by molar-refractivity contribution is 6.42. The van der Waals surface area contributed by atoms with Crippen LogP contribution in [-0.4, -0.2) is 15.9 Å². The molecule has 1 heterocycles. The Balaban J connectivity index is 2.25. The minimum Gasteiger partial charge on any atom is -0.321 e. The minimum atomic E-state index is -2.77. The van der Waals surface area contributed by atoms with E-state index in [9.17, 15) is 13.6 Å². The molecule has 0 unspecified atom stereocenters. The molecule has 0 bridgehead atoms. The lowest BCUT2D eigenvalue weighted by Gasteiger charge is -2.08. The fourth-order valence-electron chi connectivity index (χ4n) is 1.59. The van der Waals surface area contributed by atoms with Crippen molar-refractivity contribution < 1.29 is 13.6 Å². The number of carbonyl (C=O) groups is 1. The number of rotatable bonds is 3. The van der Waals surface area contributed by atoms with Gasteiger partial charge in [-0.3, -0.25) is 4.79 Å². The fraction of sp³-hybridized carbons (Fsp3) is 0.154. The van der Waals surface area contributed by atoms with Gasteiger partial charge in [0.05, 0.1) is 10.0 Å². The molecule has 0 aliphatic heterocycles. The van der Waals surface area contributed by atoms with Gasteiger partial charge in [0, 0.05) is 5.69 Å². The SMILES string of the molecule is Cc1nc(C(=O)Nc2ccc(Cl)c(Cl)c2)cc(C(F)F)n1. The zero-order valence-electron chi connectivity index (χ0n) is 10.7. The van der Waals surface area contributed by atoms with Crippen LogP contribution in [0, 0.1) is 6.92 Å². The molecule has 0 radical (unpaired) electrons. The summed E-state index contributed by atoms with van der Waals surface area (Å²) in [7, 11) is 0. The van der Waals surface area contributed by atoms with Gasteiger partial charge in [0.1, 0.15) is 17.2 Å². The Bertz CT molecular complexity index is 695. The minimum absolute atomic E-state index is 0.0899. The number of benzene rings is 1. The first-order valence-corrected chi connectivity index (χ1v) is 6.52. The molecule has 1 amide bonds. The molecule has 2 aromatic rings. The number of aromatic nitrogens is 2. The Labute approximate surface area is 129 Å². The molecule has 110 valence electrons. The van der Waals surface area contributed by atoms with Crippen LogP contribution < -0.4 is 5.32 Å². The molecule has 21 heavy (non-hydrogen) atoms. The van der Waals surface area contributed by atoms with Gasteiger partial charge in [-0.1, -0.05) is 23.2 Å². The number of carbonyl (C=O) groups excluding carboxylic acids is 1. The summed E-state index contributed by atoms with van der Waals surface area (Å²) in [6.45, 7) is 1.43. The number of nitrogens with zero attached hydrogens (tertiary/aromatic N) is 2. The van der Waals surface area contributed by atoms with Crippen molar-refractivity contribution in [3.63, 3.8) is 0 Å². The summed E-state index contributed by atoms with van der Waals surface area (Å²) in [5, 5.41) is 3.11. The molecule has 1 aromatic carbocycles. The summed E-state index contributed by atoms with van der Waals surface area (Å²) in [6.07, 6.45) is -2.77. The lowest BCUT2D eigenvalue weighted by Crippen LogP contribution is -2.15. The van der Waals surface area contributed by atoms with Crippen molar-refractivity contribution in [2.75, 3.05) is 5.32 Å². The van der Waals surface area contributed by atoms with E-state index in [1.807, 2.05) is 0 Å². The maximum Gasteiger partial charge on any atom is 0.280 e. The number of hydrogen-bond acceptors (Lipinski definition) is 3. The number of nitrogens with one attached hydrogen (secondary N) is 1. The molecule has 0 aliphatic carbocycles. The molecular weight excluding hydrogens is 323 g/mol. The topological polar surface area (TPSA) is 54.9 Å². The van der Waals surface area contributed by atoms with Crippen LogP contribution >= 0.6 is 23.2 Å². The Hall–Kier alpha value is -1.79. The van der Waals surface area contributed by atoms with Crippen molar-refractivity contribution in [1.29, 1.82) is 0 Å². The first kappa shape index (κ1) is 15.6. The number of aryl methyl sites for hydroxylation is 1. The number of hydrogen-bond donors (Lipinski definition) is 1. The normalized spacial score (nSPS) is 10.8. The van der Waals surface area contributed by atoms with Crippen LogP contribution in [0.25, 0.3) is 0 Å². The Morgan fingerprint density at radius 3 is 2.52 bits per heavy atom. The van der Waals surface area contributed by atoms with E-state index in [-0.39, 0.29) is 16.5 Å². The van der Waals surface area contributed by atoms with Crippen LogP contribution in [0.2, 0.25) is 10.0 Å². The monoisotopic (exact) mass is 331 g/mol. The summed E-state index contributed by atoms with van der Waals surface area (Å²) >= 11 is 11.6. The molecule has 0 aliphatic rings. The van der Waals surface area contributed by atoms with Gasteiger partial charge in [0.2, 0.25) is 0 Å². The number of anilines is 1. The van der Waals surface area contributed by atoms with E-state index in [4.69, 9.17) is 23.2 Å². The largest absolute Gasteiger partial charge is 0.321 e. The van der Waals surface area contributed by atoms with Crippen molar-refractivity contribution in [3.05, 3.63) is 51.5 Å². The molecule has 0 saturated heterocycles. The molecule has 0 spiro atoms. The Morgan fingerprint density at radius 2 is 1.90 bits per heavy atom. The van der Waals surface area contributed by atoms with Gasteiger partial charge >= 0.3 is 0 Å². The molecule has 0 saturated carbocycles. The third kappa shape index (κ3) is 3.86. The standard InChI is InChI=1S/C13H9Cl2F2N3O/c1-6-18-10(12(16)17)5-11(19-6)13(21)20-7-2-3-8(14)9(15)4-7/h2-5,12H,1H3,(H,20,21). The van der Waals surface area contributed by atoms with E-state index in [2.05, 4.69) is 15.3 Å². The molecule has 0 fully saturated rings. The lowest BCUT2D eigenvalue weighted by molar-refractivity contribution is 0.102. The van der Waals surface area contributed by atoms with Gasteiger partial charge in [-0.2, -0.15) is 0 Å². The van der Waals surface area contributed by atoms with Crippen LogP contribution in [0.15, 0.2) is 24.3 Å². The average Bonchev–Trinajstić information content (AvgIpc) is 2.42. The highest BCUT2D eigenvalue weighted by Gasteiger charge is 2.16. The first-order valence-electron chi connectivity index (χ1n) is 5.77. The third-order valence-corrected chi connectivity index (χ3v) is 3.23. The van der Waals surface area contributed by atoms with Gasteiger partial charge in [-0.05, 0) is 31.2 Å². The van der Waals surface area contributed by atoms with Crippen molar-refractivity contribution in [2.45, 2.75) is 13.3 Å². The zero-order chi connectivity index (χ0) is 15.6. The van der Waals surface area contributed by atoms with Crippen LogP contribution in [0.5, 0.6) is 0 Å². The predicted octanol–water partition coefficient (Wildman–Crippen LogP) is 4.28. The summed E-state index contributed by atoms with van der Waals surface area (Å²) in [5.41, 5.74) is -0.269. The van der Waals surface area contributed by atoms with Crippen molar-refractivity contribution in [1.82, 2.24) is 9.97 Å². The van der Waals surface area contributed by atoms with Crippen molar-refractivity contribution in [2.24, 2.45) is 0 Å². The third-order valence-electron chi connectivity index (χ3n) is 2.49. The Morgan fingerprint density at radius 1 is 1.19 bits per heavy atom. The van der Waals surface area contributed by atoms with Gasteiger partial charge < -0.3 is 5.32 Å². The van der Waals surface area contributed by atoms with Gasteiger partial charge in [-0.15, -0.1) is 0 Å². The number of halogens is 4. The second-order valence-electron chi connectivity index (χ2n) is 4.11. The molecule has 0 atom stereocenters. The molecule has 1 aromatic heterocycles. The second kappa shape index (κ2) is 6.32. The number of amides is 1. The van der Waals surface area contributed by atoms with Crippen LogP contribution in [0.3, 0.4) is 0 Å². The first-order chi connectivity index (χ1) is 9.86. The van der Waals surface area contributed by atoms with E-state index in [1.54, 1.807) is 0 Å². The summed E-state index contributed by atoms with van der Waals surface area (Å²) in [4.78, 5) is 19.4. The predicted molar refractivity (Wildman–Crippen MR) is 76.1 cm³/mol. The van der Waals surface area contributed by atoms with Gasteiger partial charge in [-0.25, -0.2) is 18.7 Å². The molecule has 4 nitrogen and oxygen atoms in total. The van der Waals surface area contributed by atoms with Gasteiger partial charge in [0.15, 0.2) is 0 Å². The quantitative estimate of drug-likeness (QED) is 0.913. The van der Waals surface area contributed by atoms with E-state index < -0.39 is 18.0 Å². The fourth-order valence-corrected chi connectivity index (χ4v) is 1.89. The summed E-state index contributed by atoms with van der Waals surface area (Å²) in [5.74, 6) is -0.548. The van der Waals surface area contributed by atoms with E-state index >= 15 is 0 Å².